The average molecular weight is 288 g/mol. The first kappa shape index (κ1) is 15.7. The Bertz CT molecular complexity index is 500. The second-order valence-corrected chi connectivity index (χ2v) is 6.01. The fraction of sp³-hybridized carbons (Fsp3) is 0.529. The van der Waals surface area contributed by atoms with E-state index < -0.39 is 0 Å². The van der Waals surface area contributed by atoms with Crippen LogP contribution in [0.25, 0.3) is 0 Å². The molecule has 1 fully saturated rings. The Morgan fingerprint density at radius 2 is 1.62 bits per heavy atom. The molecule has 0 aromatic heterocycles. The largest absolute Gasteiger partial charge is 0.349 e. The van der Waals surface area contributed by atoms with E-state index in [4.69, 9.17) is 0 Å². The molecule has 1 saturated heterocycles. The highest BCUT2D eigenvalue weighted by molar-refractivity contribution is 5.97. The van der Waals surface area contributed by atoms with E-state index in [1.165, 1.54) is 6.92 Å². The predicted octanol–water partition coefficient (Wildman–Crippen LogP) is 2.49. The zero-order valence-electron chi connectivity index (χ0n) is 13.1. The molecule has 1 aromatic carbocycles. The van der Waals surface area contributed by atoms with Crippen molar-refractivity contribution < 1.29 is 9.59 Å². The van der Waals surface area contributed by atoms with Crippen LogP contribution in [0.2, 0.25) is 0 Å². The molecule has 0 unspecified atom stereocenters. The smallest absolute Gasteiger partial charge is 0.251 e. The van der Waals surface area contributed by atoms with Gasteiger partial charge in [-0.15, -0.1) is 0 Å². The monoisotopic (exact) mass is 288 g/mol. The second-order valence-electron chi connectivity index (χ2n) is 6.01. The first-order chi connectivity index (χ1) is 9.97. The number of nitrogens with one attached hydrogen (secondary N) is 1. The van der Waals surface area contributed by atoms with E-state index in [0.29, 0.717) is 17.2 Å². The number of hydrogen-bond donors (Lipinski definition) is 1. The number of carbonyl (C=O) groups excluding carboxylic acids is 2. The van der Waals surface area contributed by atoms with Crippen molar-refractivity contribution >= 4 is 11.7 Å². The molecule has 0 aliphatic carbocycles. The Kier molecular flexibility index (Phi) is 5.12. The molecule has 2 rings (SSSR count). The maximum Gasteiger partial charge on any atom is 0.251 e. The van der Waals surface area contributed by atoms with E-state index in [1.54, 1.807) is 24.3 Å². The van der Waals surface area contributed by atoms with Crippen molar-refractivity contribution in [3.63, 3.8) is 0 Å². The molecule has 0 spiro atoms. The fourth-order valence-corrected chi connectivity index (χ4v) is 2.69. The number of ketones is 1. The van der Waals surface area contributed by atoms with Gasteiger partial charge in [-0.2, -0.15) is 0 Å². The van der Waals surface area contributed by atoms with Gasteiger partial charge in [-0.25, -0.2) is 0 Å². The van der Waals surface area contributed by atoms with Crippen molar-refractivity contribution in [2.75, 3.05) is 13.1 Å². The van der Waals surface area contributed by atoms with Crippen LogP contribution in [0.15, 0.2) is 24.3 Å². The Hall–Kier alpha value is -1.68. The van der Waals surface area contributed by atoms with Crippen molar-refractivity contribution in [2.24, 2.45) is 0 Å². The number of likely N-dealkylation sites (tertiary alicyclic amines) is 1. The zero-order valence-corrected chi connectivity index (χ0v) is 13.1. The molecule has 4 nitrogen and oxygen atoms in total. The summed E-state index contributed by atoms with van der Waals surface area (Å²) in [5.74, 6) is -0.0314. The highest BCUT2D eigenvalue weighted by atomic mass is 16.1. The van der Waals surface area contributed by atoms with Crippen LogP contribution in [0.5, 0.6) is 0 Å². The average Bonchev–Trinajstić information content (AvgIpc) is 2.47. The standard InChI is InChI=1S/C17H24N2O2/c1-12(2)19-10-8-16(9-11-19)18-17(21)15-6-4-14(5-7-15)13(3)20/h4-7,12,16H,8-11H2,1-3H3,(H,18,21). The summed E-state index contributed by atoms with van der Waals surface area (Å²) in [6.07, 6.45) is 1.99. The van der Waals surface area contributed by atoms with Gasteiger partial charge >= 0.3 is 0 Å². The van der Waals surface area contributed by atoms with Crippen LogP contribution in [-0.4, -0.2) is 41.8 Å². The van der Waals surface area contributed by atoms with E-state index in [0.717, 1.165) is 25.9 Å². The summed E-state index contributed by atoms with van der Waals surface area (Å²) in [5, 5.41) is 3.09. The molecule has 1 aliphatic rings. The first-order valence-electron chi connectivity index (χ1n) is 7.63. The minimum Gasteiger partial charge on any atom is -0.349 e. The quantitative estimate of drug-likeness (QED) is 0.866. The lowest BCUT2D eigenvalue weighted by Gasteiger charge is -2.34. The number of nitrogens with zero attached hydrogens (tertiary/aromatic N) is 1. The van der Waals surface area contributed by atoms with Gasteiger partial charge in [0.15, 0.2) is 5.78 Å². The highest BCUT2D eigenvalue weighted by Gasteiger charge is 2.22. The summed E-state index contributed by atoms with van der Waals surface area (Å²) < 4.78 is 0. The minimum absolute atomic E-state index is 0.0167. The lowest BCUT2D eigenvalue weighted by molar-refractivity contribution is 0.0899. The van der Waals surface area contributed by atoms with Gasteiger partial charge in [0, 0.05) is 36.3 Å². The van der Waals surface area contributed by atoms with Crippen molar-refractivity contribution in [3.05, 3.63) is 35.4 Å². The van der Waals surface area contributed by atoms with Crippen LogP contribution in [-0.2, 0) is 0 Å². The SMILES string of the molecule is CC(=O)c1ccc(C(=O)NC2CCN(C(C)C)CC2)cc1. The molecule has 1 N–H and O–H groups in total. The number of Topliss-reactive ketones (excluding diaryl/α,β-unsaturated/α-hetero) is 1. The number of rotatable bonds is 4. The van der Waals surface area contributed by atoms with E-state index in [-0.39, 0.29) is 17.7 Å². The van der Waals surface area contributed by atoms with Crippen LogP contribution in [0.4, 0.5) is 0 Å². The van der Waals surface area contributed by atoms with Crippen molar-refractivity contribution in [3.8, 4) is 0 Å². The lowest BCUT2D eigenvalue weighted by atomic mass is 10.0. The molecule has 1 amide bonds. The van der Waals surface area contributed by atoms with Crippen LogP contribution >= 0.6 is 0 Å². The van der Waals surface area contributed by atoms with Crippen LogP contribution in [0.1, 0.15) is 54.3 Å². The van der Waals surface area contributed by atoms with Crippen molar-refractivity contribution in [2.45, 2.75) is 45.7 Å². The van der Waals surface area contributed by atoms with Gasteiger partial charge in [-0.1, -0.05) is 12.1 Å². The topological polar surface area (TPSA) is 49.4 Å². The summed E-state index contributed by atoms with van der Waals surface area (Å²) >= 11 is 0. The molecule has 1 aromatic rings. The Morgan fingerprint density at radius 1 is 1.10 bits per heavy atom. The summed E-state index contributed by atoms with van der Waals surface area (Å²) in [4.78, 5) is 25.9. The molecule has 1 aliphatic heterocycles. The molecule has 0 saturated carbocycles. The number of hydrogen-bond acceptors (Lipinski definition) is 3. The third-order valence-electron chi connectivity index (χ3n) is 4.15. The molecule has 0 bridgehead atoms. The van der Waals surface area contributed by atoms with E-state index in [2.05, 4.69) is 24.1 Å². The molecule has 114 valence electrons. The molecule has 4 heteroatoms. The molecule has 0 atom stereocenters. The van der Waals surface area contributed by atoms with Crippen molar-refractivity contribution in [1.82, 2.24) is 10.2 Å². The van der Waals surface area contributed by atoms with E-state index >= 15 is 0 Å². The van der Waals surface area contributed by atoms with Gasteiger partial charge in [0.2, 0.25) is 0 Å². The Balaban J connectivity index is 1.89. The minimum atomic E-state index is -0.0481. The molecule has 21 heavy (non-hydrogen) atoms. The predicted molar refractivity (Wildman–Crippen MR) is 83.6 cm³/mol. The van der Waals surface area contributed by atoms with Crippen LogP contribution in [0.3, 0.4) is 0 Å². The van der Waals surface area contributed by atoms with Gasteiger partial charge in [0.05, 0.1) is 0 Å². The van der Waals surface area contributed by atoms with E-state index in [9.17, 15) is 9.59 Å². The van der Waals surface area contributed by atoms with Gasteiger partial charge in [0.1, 0.15) is 0 Å². The molecule has 1 heterocycles. The second kappa shape index (κ2) is 6.85. The van der Waals surface area contributed by atoms with E-state index in [1.807, 2.05) is 0 Å². The Morgan fingerprint density at radius 3 is 2.10 bits per heavy atom. The van der Waals surface area contributed by atoms with Gasteiger partial charge < -0.3 is 10.2 Å². The number of amides is 1. The maximum atomic E-state index is 12.2. The molecular weight excluding hydrogens is 264 g/mol. The maximum absolute atomic E-state index is 12.2. The number of carbonyl (C=O) groups is 2. The summed E-state index contributed by atoms with van der Waals surface area (Å²) in [6.45, 7) is 8.00. The summed E-state index contributed by atoms with van der Waals surface area (Å²) in [6, 6.07) is 7.67. The van der Waals surface area contributed by atoms with Crippen LogP contribution < -0.4 is 5.32 Å². The van der Waals surface area contributed by atoms with Crippen molar-refractivity contribution in [1.29, 1.82) is 0 Å². The van der Waals surface area contributed by atoms with Gasteiger partial charge in [0.25, 0.3) is 5.91 Å². The Labute approximate surface area is 126 Å². The number of benzene rings is 1. The first-order valence-corrected chi connectivity index (χ1v) is 7.63. The zero-order chi connectivity index (χ0) is 15.4. The van der Waals surface area contributed by atoms with Gasteiger partial charge in [-0.05, 0) is 45.7 Å². The van der Waals surface area contributed by atoms with Gasteiger partial charge in [-0.3, -0.25) is 9.59 Å². The summed E-state index contributed by atoms with van der Waals surface area (Å²) in [5.41, 5.74) is 1.25. The molecule has 0 radical (unpaired) electrons. The van der Waals surface area contributed by atoms with Crippen LogP contribution in [0, 0.1) is 0 Å². The third kappa shape index (κ3) is 4.14. The fourth-order valence-electron chi connectivity index (χ4n) is 2.69. The summed E-state index contributed by atoms with van der Waals surface area (Å²) in [7, 11) is 0. The molecular formula is C17H24N2O2. The normalized spacial score (nSPS) is 17.0. The number of piperidine rings is 1. The highest BCUT2D eigenvalue weighted by Crippen LogP contribution is 2.14. The lowest BCUT2D eigenvalue weighted by Crippen LogP contribution is -2.46. The third-order valence-corrected chi connectivity index (χ3v) is 4.15.